The minimum Gasteiger partial charge on any atom is -0.463 e. The smallest absolute Gasteiger partial charge is 0.331 e. The number of benzene rings is 1. The lowest BCUT2D eigenvalue weighted by atomic mass is 10.3. The molecule has 1 aromatic carbocycles. The molecular weight excluding hydrogens is 345 g/mol. The van der Waals surface area contributed by atoms with Gasteiger partial charge in [0.1, 0.15) is 0 Å². The Morgan fingerprint density at radius 2 is 1.70 bits per heavy atom. The summed E-state index contributed by atoms with van der Waals surface area (Å²) in [6, 6.07) is 4.52. The minimum atomic E-state index is -1.08. The van der Waals surface area contributed by atoms with Crippen molar-refractivity contribution >= 4 is 46.7 Å². The van der Waals surface area contributed by atoms with Crippen molar-refractivity contribution in [1.29, 1.82) is 0 Å². The van der Waals surface area contributed by atoms with Crippen LogP contribution in [0.3, 0.4) is 0 Å². The Morgan fingerprint density at radius 1 is 1.13 bits per heavy atom. The highest BCUT2D eigenvalue weighted by Crippen LogP contribution is 2.22. The van der Waals surface area contributed by atoms with Gasteiger partial charge >= 0.3 is 11.9 Å². The average molecular weight is 360 g/mol. The van der Waals surface area contributed by atoms with Gasteiger partial charge in [-0.2, -0.15) is 0 Å². The fourth-order valence-electron chi connectivity index (χ4n) is 1.46. The molecule has 0 aliphatic heterocycles. The average Bonchev–Trinajstić information content (AvgIpc) is 2.44. The van der Waals surface area contributed by atoms with E-state index in [1.807, 2.05) is 0 Å². The summed E-state index contributed by atoms with van der Waals surface area (Å²) < 4.78 is 9.47. The van der Waals surface area contributed by atoms with Crippen molar-refractivity contribution in [1.82, 2.24) is 0 Å². The van der Waals surface area contributed by atoms with Crippen molar-refractivity contribution < 1.29 is 23.9 Å². The van der Waals surface area contributed by atoms with E-state index in [4.69, 9.17) is 27.9 Å². The molecule has 1 N–H and O–H groups in total. The maximum Gasteiger partial charge on any atom is 0.331 e. The Labute approximate surface area is 143 Å². The zero-order chi connectivity index (χ0) is 17.4. The van der Waals surface area contributed by atoms with Crippen molar-refractivity contribution in [2.45, 2.75) is 20.0 Å². The predicted molar refractivity (Wildman–Crippen MR) is 86.4 cm³/mol. The molecule has 0 radical (unpaired) electrons. The van der Waals surface area contributed by atoms with Gasteiger partial charge in [0.15, 0.2) is 6.10 Å². The molecule has 8 heteroatoms. The summed E-state index contributed by atoms with van der Waals surface area (Å²) in [4.78, 5) is 34.5. The van der Waals surface area contributed by atoms with Crippen LogP contribution in [0.15, 0.2) is 30.4 Å². The molecule has 6 nitrogen and oxygen atoms in total. The molecule has 23 heavy (non-hydrogen) atoms. The van der Waals surface area contributed by atoms with Crippen LogP contribution in [0.5, 0.6) is 0 Å². The highest BCUT2D eigenvalue weighted by Gasteiger charge is 2.17. The molecule has 1 atom stereocenters. The summed E-state index contributed by atoms with van der Waals surface area (Å²) in [6.07, 6.45) is 0.734. The van der Waals surface area contributed by atoms with Gasteiger partial charge in [-0.05, 0) is 32.0 Å². The molecule has 1 rings (SSSR count). The fraction of sp³-hybridized carbons (Fsp3) is 0.267. The molecule has 0 aromatic heterocycles. The fourth-order valence-corrected chi connectivity index (χ4v) is 1.99. The van der Waals surface area contributed by atoms with Crippen molar-refractivity contribution in [3.05, 3.63) is 40.4 Å². The molecular formula is C15H15Cl2NO5. The highest BCUT2D eigenvalue weighted by molar-refractivity contribution is 6.35. The number of hydrogen-bond donors (Lipinski definition) is 1. The van der Waals surface area contributed by atoms with Crippen molar-refractivity contribution in [3.8, 4) is 0 Å². The Balaban J connectivity index is 2.56. The van der Waals surface area contributed by atoms with E-state index in [9.17, 15) is 14.4 Å². The van der Waals surface area contributed by atoms with Crippen LogP contribution in [0, 0.1) is 0 Å². The number of amides is 1. The molecule has 0 spiro atoms. The number of rotatable bonds is 6. The molecule has 0 unspecified atom stereocenters. The molecule has 0 saturated heterocycles. The minimum absolute atomic E-state index is 0.194. The van der Waals surface area contributed by atoms with Gasteiger partial charge in [-0.1, -0.05) is 23.2 Å². The van der Waals surface area contributed by atoms with Gasteiger partial charge < -0.3 is 14.8 Å². The number of anilines is 1. The van der Waals surface area contributed by atoms with E-state index in [2.05, 4.69) is 10.1 Å². The molecule has 0 saturated carbocycles. The number of ether oxygens (including phenoxy) is 2. The Morgan fingerprint density at radius 3 is 2.26 bits per heavy atom. The largest absolute Gasteiger partial charge is 0.463 e. The molecule has 1 aromatic rings. The van der Waals surface area contributed by atoms with Gasteiger partial charge in [-0.3, -0.25) is 4.79 Å². The first-order chi connectivity index (χ1) is 10.8. The van der Waals surface area contributed by atoms with Gasteiger partial charge in [0, 0.05) is 27.9 Å². The highest BCUT2D eigenvalue weighted by atomic mass is 35.5. The first-order valence-electron chi connectivity index (χ1n) is 6.64. The SMILES string of the molecule is CCOC(=O)/C=C/C(=O)O[C@@H](C)C(=O)Nc1cc(Cl)cc(Cl)c1. The van der Waals surface area contributed by atoms with Crippen LogP contribution in [0.1, 0.15) is 13.8 Å². The quantitative estimate of drug-likeness (QED) is 0.623. The summed E-state index contributed by atoms with van der Waals surface area (Å²) in [5.74, 6) is -2.08. The third kappa shape index (κ3) is 7.17. The molecule has 0 aliphatic rings. The number of halogens is 2. The molecule has 124 valence electrons. The zero-order valence-corrected chi connectivity index (χ0v) is 14.0. The first-order valence-corrected chi connectivity index (χ1v) is 7.39. The topological polar surface area (TPSA) is 81.7 Å². The first kappa shape index (κ1) is 19.0. The van der Waals surface area contributed by atoms with E-state index in [-0.39, 0.29) is 6.61 Å². The van der Waals surface area contributed by atoms with E-state index in [1.54, 1.807) is 6.92 Å². The Hall–Kier alpha value is -2.05. The normalized spacial score (nSPS) is 11.8. The predicted octanol–water partition coefficient (Wildman–Crippen LogP) is 2.98. The summed E-state index contributed by atoms with van der Waals surface area (Å²) in [5, 5.41) is 3.23. The van der Waals surface area contributed by atoms with E-state index in [0.29, 0.717) is 15.7 Å². The van der Waals surface area contributed by atoms with E-state index < -0.39 is 23.9 Å². The lowest BCUT2D eigenvalue weighted by Crippen LogP contribution is -2.29. The second kappa shape index (κ2) is 9.17. The van der Waals surface area contributed by atoms with Crippen LogP contribution in [0.4, 0.5) is 5.69 Å². The maximum absolute atomic E-state index is 11.9. The van der Waals surface area contributed by atoms with Gasteiger partial charge in [-0.25, -0.2) is 9.59 Å². The second-order valence-corrected chi connectivity index (χ2v) is 5.18. The summed E-state index contributed by atoms with van der Waals surface area (Å²) in [5.41, 5.74) is 0.373. The second-order valence-electron chi connectivity index (χ2n) is 4.31. The molecule has 1 amide bonds. The third-order valence-electron chi connectivity index (χ3n) is 2.43. The van der Waals surface area contributed by atoms with Crippen LogP contribution in [0.25, 0.3) is 0 Å². The molecule has 0 bridgehead atoms. The number of hydrogen-bond acceptors (Lipinski definition) is 5. The number of carbonyl (C=O) groups excluding carboxylic acids is 3. The van der Waals surface area contributed by atoms with Gasteiger partial charge in [0.2, 0.25) is 0 Å². The molecule has 0 aliphatic carbocycles. The zero-order valence-electron chi connectivity index (χ0n) is 12.5. The van der Waals surface area contributed by atoms with Crippen LogP contribution in [0.2, 0.25) is 10.0 Å². The van der Waals surface area contributed by atoms with Gasteiger partial charge in [-0.15, -0.1) is 0 Å². The maximum atomic E-state index is 11.9. The van der Waals surface area contributed by atoms with Crippen molar-refractivity contribution in [2.24, 2.45) is 0 Å². The Kier molecular flexibility index (Phi) is 7.57. The van der Waals surface area contributed by atoms with Gasteiger partial charge in [0.05, 0.1) is 6.61 Å². The van der Waals surface area contributed by atoms with Crippen molar-refractivity contribution in [2.75, 3.05) is 11.9 Å². The van der Waals surface area contributed by atoms with Crippen molar-refractivity contribution in [3.63, 3.8) is 0 Å². The third-order valence-corrected chi connectivity index (χ3v) is 2.87. The standard InChI is InChI=1S/C15H15Cl2NO5/c1-3-22-13(19)4-5-14(20)23-9(2)15(21)18-12-7-10(16)6-11(17)8-12/h4-9H,3H2,1-2H3,(H,18,21)/b5-4+/t9-/m0/s1. The van der Waals surface area contributed by atoms with E-state index in [1.165, 1.54) is 25.1 Å². The monoisotopic (exact) mass is 359 g/mol. The van der Waals surface area contributed by atoms with Crippen LogP contribution < -0.4 is 5.32 Å². The van der Waals surface area contributed by atoms with Crippen LogP contribution in [-0.4, -0.2) is 30.6 Å². The summed E-state index contributed by atoms with van der Waals surface area (Å²) in [7, 11) is 0. The van der Waals surface area contributed by atoms with Gasteiger partial charge in [0.25, 0.3) is 5.91 Å². The molecule has 0 fully saturated rings. The van der Waals surface area contributed by atoms with Crippen LogP contribution >= 0.6 is 23.2 Å². The van der Waals surface area contributed by atoms with E-state index in [0.717, 1.165) is 12.2 Å². The Bertz CT molecular complexity index is 610. The number of esters is 2. The molecule has 0 heterocycles. The number of carbonyl (C=O) groups is 3. The lowest BCUT2D eigenvalue weighted by Gasteiger charge is -2.12. The lowest BCUT2D eigenvalue weighted by molar-refractivity contribution is -0.148. The summed E-state index contributed by atoms with van der Waals surface area (Å²) >= 11 is 11.6. The van der Waals surface area contributed by atoms with Crippen LogP contribution in [-0.2, 0) is 23.9 Å². The summed E-state index contributed by atoms with van der Waals surface area (Å²) in [6.45, 7) is 3.22. The van der Waals surface area contributed by atoms with E-state index >= 15 is 0 Å². The number of nitrogens with one attached hydrogen (secondary N) is 1.